The minimum absolute atomic E-state index is 0.0223. The van der Waals surface area contributed by atoms with Crippen LogP contribution in [0, 0.1) is 21.4 Å². The molecule has 2 aromatic rings. The molecule has 1 aliphatic rings. The molecule has 0 saturated heterocycles. The van der Waals surface area contributed by atoms with Gasteiger partial charge in [-0.1, -0.05) is 12.1 Å². The third-order valence-corrected chi connectivity index (χ3v) is 6.16. The second-order valence-electron chi connectivity index (χ2n) is 8.64. The molecule has 12 nitrogen and oxygen atoms in total. The Bertz CT molecular complexity index is 1400. The van der Waals surface area contributed by atoms with Crippen LogP contribution in [-0.2, 0) is 25.7 Å². The lowest BCUT2D eigenvalue weighted by atomic mass is 9.80. The predicted octanol–water partition coefficient (Wildman–Crippen LogP) is 4.06. The fourth-order valence-corrected chi connectivity index (χ4v) is 4.40. The maximum atomic E-state index is 13.6. The number of carbonyl (C=O) groups excluding carboxylic acids is 2. The lowest BCUT2D eigenvalue weighted by Crippen LogP contribution is -2.32. The zero-order valence-corrected chi connectivity index (χ0v) is 22.7. The van der Waals surface area contributed by atoms with Crippen molar-refractivity contribution in [3.05, 3.63) is 80.2 Å². The van der Waals surface area contributed by atoms with Crippen LogP contribution in [0.1, 0.15) is 37.3 Å². The molecular weight excluding hydrogens is 522 g/mol. The highest BCUT2D eigenvalue weighted by molar-refractivity contribution is 6.00. The van der Waals surface area contributed by atoms with Crippen molar-refractivity contribution in [1.29, 1.82) is 5.26 Å². The number of carbonyl (C=O) groups is 2. The van der Waals surface area contributed by atoms with E-state index in [1.165, 1.54) is 39.5 Å². The maximum Gasteiger partial charge on any atom is 0.337 e. The Kier molecular flexibility index (Phi) is 9.70. The molecule has 0 bridgehead atoms. The van der Waals surface area contributed by atoms with E-state index in [0.29, 0.717) is 39.8 Å². The highest BCUT2D eigenvalue weighted by Crippen LogP contribution is 2.41. The molecule has 1 aliphatic heterocycles. The van der Waals surface area contributed by atoms with E-state index in [4.69, 9.17) is 28.9 Å². The van der Waals surface area contributed by atoms with Crippen LogP contribution in [0.2, 0.25) is 0 Å². The van der Waals surface area contributed by atoms with Crippen LogP contribution in [0.3, 0.4) is 0 Å². The SMILES string of the molecule is COc1cc(COC(=O)C2=C(C)NC(C)=C(C(=O)OCCC#N)C2c2cccc([N+](=O)[O-])c2)cc(OC)c1OC. The van der Waals surface area contributed by atoms with Crippen molar-refractivity contribution in [2.45, 2.75) is 32.8 Å². The van der Waals surface area contributed by atoms with Gasteiger partial charge in [-0.05, 0) is 37.1 Å². The van der Waals surface area contributed by atoms with Gasteiger partial charge in [-0.25, -0.2) is 9.59 Å². The van der Waals surface area contributed by atoms with Gasteiger partial charge in [0.05, 0.1) is 55.8 Å². The molecule has 1 N–H and O–H groups in total. The topological polar surface area (TPSA) is 159 Å². The molecule has 0 aliphatic carbocycles. The largest absolute Gasteiger partial charge is 0.493 e. The number of ether oxygens (including phenoxy) is 5. The lowest BCUT2D eigenvalue weighted by molar-refractivity contribution is -0.384. The molecule has 0 fully saturated rings. The number of nitro groups is 1. The summed E-state index contributed by atoms with van der Waals surface area (Å²) in [4.78, 5) is 37.7. The predicted molar refractivity (Wildman–Crippen MR) is 141 cm³/mol. The van der Waals surface area contributed by atoms with Gasteiger partial charge in [0.25, 0.3) is 5.69 Å². The molecule has 0 spiro atoms. The van der Waals surface area contributed by atoms with Crippen molar-refractivity contribution >= 4 is 17.6 Å². The standard InChI is InChI=1S/C28H29N3O9/c1-16-23(27(32)39-11-7-10-29)25(19-8-6-9-20(14-19)31(34)35)24(17(2)30-16)28(33)40-15-18-12-21(36-3)26(38-5)22(13-18)37-4/h6,8-9,12-14,25,30H,7,11,15H2,1-5H3. The van der Waals surface area contributed by atoms with Gasteiger partial charge in [0.2, 0.25) is 5.75 Å². The van der Waals surface area contributed by atoms with Gasteiger partial charge >= 0.3 is 11.9 Å². The van der Waals surface area contributed by atoms with Gasteiger partial charge in [-0.2, -0.15) is 5.26 Å². The zero-order chi connectivity index (χ0) is 29.4. The Morgan fingerprint density at radius 3 is 2.10 bits per heavy atom. The molecular formula is C28H29N3O9. The number of nitrogens with zero attached hydrogens (tertiary/aromatic N) is 2. The van der Waals surface area contributed by atoms with Gasteiger partial charge in [0.1, 0.15) is 13.2 Å². The molecule has 3 rings (SSSR count). The minimum atomic E-state index is -1.04. The summed E-state index contributed by atoms with van der Waals surface area (Å²) in [5, 5.41) is 23.4. The monoisotopic (exact) mass is 551 g/mol. The summed E-state index contributed by atoms with van der Waals surface area (Å²) < 4.78 is 27.0. The number of methoxy groups -OCH3 is 3. The van der Waals surface area contributed by atoms with Gasteiger partial charge in [0.15, 0.2) is 11.5 Å². The first-order valence-electron chi connectivity index (χ1n) is 12.1. The third-order valence-electron chi connectivity index (χ3n) is 6.16. The van der Waals surface area contributed by atoms with Crippen LogP contribution < -0.4 is 19.5 Å². The number of hydrogen-bond donors (Lipinski definition) is 1. The molecule has 40 heavy (non-hydrogen) atoms. The fraction of sp³-hybridized carbons (Fsp3) is 0.321. The van der Waals surface area contributed by atoms with E-state index >= 15 is 0 Å². The van der Waals surface area contributed by atoms with Gasteiger partial charge < -0.3 is 29.0 Å². The molecule has 0 amide bonds. The molecule has 0 saturated carbocycles. The second-order valence-corrected chi connectivity index (χ2v) is 8.64. The van der Waals surface area contributed by atoms with E-state index < -0.39 is 22.8 Å². The first-order valence-corrected chi connectivity index (χ1v) is 12.1. The summed E-state index contributed by atoms with van der Waals surface area (Å²) in [7, 11) is 4.40. The first-order chi connectivity index (χ1) is 19.2. The van der Waals surface area contributed by atoms with Crippen LogP contribution in [-0.4, -0.2) is 44.8 Å². The van der Waals surface area contributed by atoms with E-state index in [2.05, 4.69) is 5.32 Å². The Hall–Kier alpha value is -5.05. The number of nitrogens with one attached hydrogen (secondary N) is 1. The number of allylic oxidation sites excluding steroid dienone is 2. The molecule has 12 heteroatoms. The molecule has 210 valence electrons. The van der Waals surface area contributed by atoms with Crippen LogP contribution in [0.25, 0.3) is 0 Å². The molecule has 2 aromatic carbocycles. The van der Waals surface area contributed by atoms with Crippen LogP contribution in [0.5, 0.6) is 17.2 Å². The summed E-state index contributed by atoms with van der Waals surface area (Å²) >= 11 is 0. The van der Waals surface area contributed by atoms with E-state index in [-0.39, 0.29) is 36.5 Å². The van der Waals surface area contributed by atoms with Gasteiger partial charge in [-0.15, -0.1) is 0 Å². The summed E-state index contributed by atoms with van der Waals surface area (Å²) in [6, 6.07) is 10.8. The summed E-state index contributed by atoms with van der Waals surface area (Å²) in [5.41, 5.74) is 1.60. The number of nitriles is 1. The van der Waals surface area contributed by atoms with Gasteiger partial charge in [-0.3, -0.25) is 10.1 Å². The number of benzene rings is 2. The van der Waals surface area contributed by atoms with Crippen molar-refractivity contribution in [3.63, 3.8) is 0 Å². The molecule has 1 atom stereocenters. The Balaban J connectivity index is 2.02. The number of hydrogen-bond acceptors (Lipinski definition) is 11. The Labute approximate surface area is 230 Å². The minimum Gasteiger partial charge on any atom is -0.493 e. The van der Waals surface area contributed by atoms with Crippen LogP contribution >= 0.6 is 0 Å². The second kappa shape index (κ2) is 13.1. The van der Waals surface area contributed by atoms with Crippen LogP contribution in [0.15, 0.2) is 58.9 Å². The van der Waals surface area contributed by atoms with Gasteiger partial charge in [0, 0.05) is 23.5 Å². The lowest BCUT2D eigenvalue weighted by Gasteiger charge is -2.30. The number of rotatable bonds is 11. The smallest absolute Gasteiger partial charge is 0.337 e. The number of dihydropyridines is 1. The van der Waals surface area contributed by atoms with Crippen molar-refractivity contribution in [2.75, 3.05) is 27.9 Å². The molecule has 0 aromatic heterocycles. The average molecular weight is 552 g/mol. The van der Waals surface area contributed by atoms with E-state index in [1.807, 2.05) is 6.07 Å². The number of esters is 2. The van der Waals surface area contributed by atoms with E-state index in [0.717, 1.165) is 0 Å². The fourth-order valence-electron chi connectivity index (χ4n) is 4.40. The highest BCUT2D eigenvalue weighted by Gasteiger charge is 2.38. The Morgan fingerprint density at radius 2 is 1.57 bits per heavy atom. The first kappa shape index (κ1) is 29.5. The quantitative estimate of drug-likeness (QED) is 0.186. The number of non-ortho nitro benzene ring substituents is 1. The molecule has 1 heterocycles. The summed E-state index contributed by atoms with van der Waals surface area (Å²) in [6.07, 6.45) is -0.0223. The zero-order valence-electron chi connectivity index (χ0n) is 22.7. The summed E-state index contributed by atoms with van der Waals surface area (Å²) in [6.45, 7) is 2.93. The number of nitro benzene ring substituents is 1. The third kappa shape index (κ3) is 6.32. The van der Waals surface area contributed by atoms with Crippen LogP contribution in [0.4, 0.5) is 5.69 Å². The normalized spacial score (nSPS) is 14.6. The Morgan fingerprint density at radius 1 is 0.975 bits per heavy atom. The van der Waals surface area contributed by atoms with Crippen molar-refractivity contribution in [3.8, 4) is 23.3 Å². The summed E-state index contributed by atoms with van der Waals surface area (Å²) in [5.74, 6) is -1.44. The highest BCUT2D eigenvalue weighted by atomic mass is 16.6. The van der Waals surface area contributed by atoms with Crippen molar-refractivity contribution in [1.82, 2.24) is 5.32 Å². The van der Waals surface area contributed by atoms with Crippen molar-refractivity contribution in [2.24, 2.45) is 0 Å². The molecule has 1 unspecified atom stereocenters. The maximum absolute atomic E-state index is 13.6. The van der Waals surface area contributed by atoms with E-state index in [1.54, 1.807) is 32.0 Å². The molecule has 0 radical (unpaired) electrons. The van der Waals surface area contributed by atoms with Crippen molar-refractivity contribution < 1.29 is 38.2 Å². The average Bonchev–Trinajstić information content (AvgIpc) is 2.94. The van der Waals surface area contributed by atoms with E-state index in [9.17, 15) is 19.7 Å².